The van der Waals surface area contributed by atoms with Gasteiger partial charge in [-0.05, 0) is 48.7 Å². The summed E-state index contributed by atoms with van der Waals surface area (Å²) in [7, 11) is 1.62. The lowest BCUT2D eigenvalue weighted by molar-refractivity contribution is -0.117. The monoisotopic (exact) mass is 470 g/mol. The van der Waals surface area contributed by atoms with Gasteiger partial charge < -0.3 is 15.0 Å². The number of anilines is 2. The number of aromatic nitrogens is 2. The van der Waals surface area contributed by atoms with Gasteiger partial charge in [0, 0.05) is 36.0 Å². The highest BCUT2D eigenvalue weighted by Crippen LogP contribution is 2.35. The van der Waals surface area contributed by atoms with Gasteiger partial charge >= 0.3 is 0 Å². The van der Waals surface area contributed by atoms with Gasteiger partial charge in [0.15, 0.2) is 0 Å². The second-order valence-electron chi connectivity index (χ2n) is 7.68. The first kappa shape index (κ1) is 22.2. The normalized spacial score (nSPS) is 15.8. The minimum Gasteiger partial charge on any atom is -0.497 e. The highest BCUT2D eigenvalue weighted by molar-refractivity contribution is 7.15. The van der Waals surface area contributed by atoms with Gasteiger partial charge in [-0.15, -0.1) is 10.2 Å². The zero-order chi connectivity index (χ0) is 22.7. The number of carbonyl (C=O) groups is 2. The molecule has 2 amide bonds. The fourth-order valence-electron chi connectivity index (χ4n) is 3.55. The van der Waals surface area contributed by atoms with Crippen molar-refractivity contribution in [1.29, 1.82) is 0 Å². The highest BCUT2D eigenvalue weighted by atomic mass is 35.5. The van der Waals surface area contributed by atoms with Gasteiger partial charge in [0.05, 0.1) is 7.11 Å². The number of rotatable bonds is 7. The molecule has 9 heteroatoms. The van der Waals surface area contributed by atoms with Crippen LogP contribution in [0.1, 0.15) is 34.9 Å². The van der Waals surface area contributed by atoms with Gasteiger partial charge in [-0.2, -0.15) is 0 Å². The summed E-state index contributed by atoms with van der Waals surface area (Å²) in [6, 6.07) is 13.3. The van der Waals surface area contributed by atoms with Crippen molar-refractivity contribution in [2.75, 3.05) is 23.9 Å². The maximum absolute atomic E-state index is 12.6. The Morgan fingerprint density at radius 2 is 2.03 bits per heavy atom. The van der Waals surface area contributed by atoms with E-state index in [2.05, 4.69) is 15.5 Å². The molecule has 0 unspecified atom stereocenters. The molecule has 0 radical (unpaired) electrons. The maximum Gasteiger partial charge on any atom is 0.227 e. The number of nitrogens with one attached hydrogen (secondary N) is 1. The summed E-state index contributed by atoms with van der Waals surface area (Å²) in [6.07, 6.45) is 1.31. The van der Waals surface area contributed by atoms with Crippen LogP contribution in [0, 0.1) is 6.92 Å². The average molecular weight is 471 g/mol. The molecule has 166 valence electrons. The zero-order valence-corrected chi connectivity index (χ0v) is 19.4. The van der Waals surface area contributed by atoms with Gasteiger partial charge in [0.2, 0.25) is 16.9 Å². The molecule has 0 saturated carbocycles. The van der Waals surface area contributed by atoms with Crippen molar-refractivity contribution >= 4 is 45.6 Å². The second kappa shape index (κ2) is 9.67. The molecule has 1 aromatic heterocycles. The van der Waals surface area contributed by atoms with Crippen LogP contribution in [-0.2, 0) is 16.0 Å². The number of ether oxygens (including phenoxy) is 1. The Morgan fingerprint density at radius 1 is 1.25 bits per heavy atom. The number of hydrogen-bond donors (Lipinski definition) is 1. The minimum atomic E-state index is -0.123. The molecule has 1 aliphatic rings. The van der Waals surface area contributed by atoms with Crippen LogP contribution in [0.5, 0.6) is 5.75 Å². The van der Waals surface area contributed by atoms with Crippen molar-refractivity contribution in [1.82, 2.24) is 10.2 Å². The number of methoxy groups -OCH3 is 1. The van der Waals surface area contributed by atoms with Gasteiger partial charge in [0.25, 0.3) is 0 Å². The van der Waals surface area contributed by atoms with Crippen LogP contribution >= 0.6 is 22.9 Å². The van der Waals surface area contributed by atoms with Crippen LogP contribution < -0.4 is 15.0 Å². The summed E-state index contributed by atoms with van der Waals surface area (Å²) in [5, 5.41) is 12.9. The standard InChI is InChI=1S/C23H23ClN4O3S/c1-14-3-7-17(12-19(14)24)28-13-16(11-21(28)30)22-26-27-23(32-22)25-20(29)10-6-15-4-8-18(31-2)9-5-15/h3-5,7-9,12,16H,6,10-11,13H2,1-2H3,(H,25,27,29)/t16-/m1/s1. The van der Waals surface area contributed by atoms with E-state index in [1.54, 1.807) is 12.0 Å². The fraction of sp³-hybridized carbons (Fsp3) is 0.304. The molecule has 7 nitrogen and oxygen atoms in total. The van der Waals surface area contributed by atoms with Gasteiger partial charge in [-0.25, -0.2) is 0 Å². The smallest absolute Gasteiger partial charge is 0.227 e. The van der Waals surface area contributed by atoms with Crippen molar-refractivity contribution in [3.05, 3.63) is 63.6 Å². The van der Waals surface area contributed by atoms with Crippen LogP contribution in [0.15, 0.2) is 42.5 Å². The summed E-state index contributed by atoms with van der Waals surface area (Å²) < 4.78 is 5.14. The van der Waals surface area contributed by atoms with E-state index in [0.29, 0.717) is 36.0 Å². The number of benzene rings is 2. The summed E-state index contributed by atoms with van der Waals surface area (Å²) >= 11 is 7.53. The van der Waals surface area contributed by atoms with Crippen molar-refractivity contribution in [3.8, 4) is 5.75 Å². The predicted molar refractivity (Wildman–Crippen MR) is 126 cm³/mol. The number of nitrogens with zero attached hydrogens (tertiary/aromatic N) is 3. The van der Waals surface area contributed by atoms with Gasteiger partial charge in [-0.1, -0.05) is 41.1 Å². The predicted octanol–water partition coefficient (Wildman–Crippen LogP) is 4.60. The highest BCUT2D eigenvalue weighted by Gasteiger charge is 2.34. The lowest BCUT2D eigenvalue weighted by Crippen LogP contribution is -2.24. The van der Waals surface area contributed by atoms with Crippen molar-refractivity contribution in [2.45, 2.75) is 32.1 Å². The van der Waals surface area contributed by atoms with Crippen molar-refractivity contribution in [2.24, 2.45) is 0 Å². The molecular weight excluding hydrogens is 448 g/mol. The third kappa shape index (κ3) is 5.08. The van der Waals surface area contributed by atoms with Crippen LogP contribution in [0.4, 0.5) is 10.8 Å². The van der Waals surface area contributed by atoms with E-state index >= 15 is 0 Å². The summed E-state index contributed by atoms with van der Waals surface area (Å²) in [5.41, 5.74) is 2.81. The van der Waals surface area contributed by atoms with E-state index < -0.39 is 0 Å². The van der Waals surface area contributed by atoms with Crippen LogP contribution in [0.2, 0.25) is 5.02 Å². The van der Waals surface area contributed by atoms with Gasteiger partial charge in [0.1, 0.15) is 10.8 Å². The quantitative estimate of drug-likeness (QED) is 0.545. The Kier molecular flexibility index (Phi) is 6.72. The lowest BCUT2D eigenvalue weighted by atomic mass is 10.1. The number of halogens is 1. The Labute approximate surface area is 195 Å². The first-order valence-electron chi connectivity index (χ1n) is 10.3. The molecule has 4 rings (SSSR count). The van der Waals surface area contributed by atoms with E-state index in [9.17, 15) is 9.59 Å². The Balaban J connectivity index is 1.33. The largest absolute Gasteiger partial charge is 0.497 e. The van der Waals surface area contributed by atoms with Crippen molar-refractivity contribution < 1.29 is 14.3 Å². The van der Waals surface area contributed by atoms with E-state index in [1.165, 1.54) is 11.3 Å². The van der Waals surface area contributed by atoms with Crippen molar-refractivity contribution in [3.63, 3.8) is 0 Å². The topological polar surface area (TPSA) is 84.4 Å². The first-order chi connectivity index (χ1) is 15.4. The van der Waals surface area contributed by atoms with Crippen LogP contribution in [0.3, 0.4) is 0 Å². The Bertz CT molecular complexity index is 1130. The third-order valence-electron chi connectivity index (χ3n) is 5.43. The molecule has 1 aliphatic heterocycles. The van der Waals surface area contributed by atoms with E-state index in [4.69, 9.17) is 16.3 Å². The van der Waals surface area contributed by atoms with E-state index in [0.717, 1.165) is 27.6 Å². The SMILES string of the molecule is COc1ccc(CCC(=O)Nc2nnc([C@@H]3CC(=O)N(c4ccc(C)c(Cl)c4)C3)s2)cc1. The number of carbonyl (C=O) groups excluding carboxylic acids is 2. The van der Waals surface area contributed by atoms with E-state index in [1.807, 2.05) is 49.4 Å². The number of amides is 2. The third-order valence-corrected chi connectivity index (χ3v) is 6.84. The average Bonchev–Trinajstić information content (AvgIpc) is 3.41. The Hall–Kier alpha value is -2.97. The van der Waals surface area contributed by atoms with E-state index in [-0.39, 0.29) is 17.7 Å². The molecule has 0 bridgehead atoms. The molecule has 1 atom stereocenters. The number of hydrogen-bond acceptors (Lipinski definition) is 6. The minimum absolute atomic E-state index is 0.0233. The maximum atomic E-state index is 12.6. The summed E-state index contributed by atoms with van der Waals surface area (Å²) in [6.45, 7) is 2.44. The molecule has 1 fully saturated rings. The summed E-state index contributed by atoms with van der Waals surface area (Å²) in [5.74, 6) is 0.621. The summed E-state index contributed by atoms with van der Waals surface area (Å²) in [4.78, 5) is 26.6. The fourth-order valence-corrected chi connectivity index (χ4v) is 4.58. The molecule has 0 aliphatic carbocycles. The number of aryl methyl sites for hydroxylation is 2. The molecule has 2 heterocycles. The van der Waals surface area contributed by atoms with Crippen LogP contribution in [-0.4, -0.2) is 35.7 Å². The molecule has 1 saturated heterocycles. The Morgan fingerprint density at radius 3 is 2.75 bits per heavy atom. The van der Waals surface area contributed by atoms with Crippen LogP contribution in [0.25, 0.3) is 0 Å². The zero-order valence-electron chi connectivity index (χ0n) is 17.8. The molecule has 0 spiro atoms. The van der Waals surface area contributed by atoms with Gasteiger partial charge in [-0.3, -0.25) is 9.59 Å². The molecule has 32 heavy (non-hydrogen) atoms. The molecular formula is C23H23ClN4O3S. The molecule has 2 aromatic carbocycles. The lowest BCUT2D eigenvalue weighted by Gasteiger charge is -2.17. The first-order valence-corrected chi connectivity index (χ1v) is 11.4. The molecule has 3 aromatic rings. The second-order valence-corrected chi connectivity index (χ2v) is 9.10. The molecule has 1 N–H and O–H groups in total.